The van der Waals surface area contributed by atoms with Gasteiger partial charge in [0.05, 0.1) is 60.9 Å². The summed E-state index contributed by atoms with van der Waals surface area (Å²) in [7, 11) is 0. The fourth-order valence-corrected chi connectivity index (χ4v) is 11.2. The largest absolute Gasteiger partial charge is 0.367 e. The molecule has 24 heteroatoms. The molecule has 3 aliphatic heterocycles. The van der Waals surface area contributed by atoms with Gasteiger partial charge in [-0.3, -0.25) is 14.7 Å². The first kappa shape index (κ1) is 35.0. The van der Waals surface area contributed by atoms with Crippen molar-refractivity contribution in [2.45, 2.75) is 96.9 Å². The molecule has 9 aromatic rings. The Morgan fingerprint density at radius 3 is 1.24 bits per heavy atom. The third-order valence-corrected chi connectivity index (χ3v) is 15.7. The summed E-state index contributed by atoms with van der Waals surface area (Å²) >= 11 is 21.0. The van der Waals surface area contributed by atoms with E-state index in [9.17, 15) is 29.0 Å². The van der Waals surface area contributed by atoms with E-state index < -0.39 is 169 Å². The van der Waals surface area contributed by atoms with E-state index in [4.69, 9.17) is 71.9 Å². The SMILES string of the molecule is [2H]c1nc(N([2H])C2([2H])CC([2H])([2H])N(C([2H])([2H])c3c([2H])c(C)c(F)c(C#N)c3[2H])C([2H])([2H])C2)c2c([2H])c(Cl)sc2n1.[2H]c1nc(N([2H])C2([2H])CCN(C([2H])([2H])c3c([2H])c(C)c(F)c(C#N)c3[2H])CC2)c2c([2H])c(Cl)sc2n1.[2H]c1nc(N([2H])C2CCN(C([2H])([2H])c3c([2H])c(C)c(F)c(C#N)c3[2H])CC2)c2c([2H])c(Cl)sc2n1. The van der Waals surface area contributed by atoms with Gasteiger partial charge in [0, 0.05) is 90.4 Å². The molecule has 0 bridgehead atoms. The van der Waals surface area contributed by atoms with Crippen LogP contribution in [0.1, 0.15) is 121 Å². The molecular formula is C60H57Cl3F3N15S3. The zero-order valence-corrected chi connectivity index (χ0v) is 48.6. The highest BCUT2D eigenvalue weighted by molar-refractivity contribution is 7.23. The first-order chi connectivity index (χ1) is 51.3. The third-order valence-electron chi connectivity index (χ3n) is 12.4. The number of benzene rings is 3. The van der Waals surface area contributed by atoms with Crippen LogP contribution >= 0.6 is 68.8 Å². The molecule has 0 radical (unpaired) electrons. The average Bonchev–Trinajstić information content (AvgIpc) is 1.75. The summed E-state index contributed by atoms with van der Waals surface area (Å²) in [4.78, 5) is 27.0. The van der Waals surface area contributed by atoms with Gasteiger partial charge in [-0.25, -0.2) is 43.1 Å². The van der Waals surface area contributed by atoms with E-state index in [0.717, 1.165) is 51.6 Å². The molecule has 0 saturated carbocycles. The molecule has 6 aromatic heterocycles. The Bertz CT molecular complexity index is 5400. The second-order valence-electron chi connectivity index (χ2n) is 18.2. The molecule has 3 N–H and O–H groups in total. The van der Waals surface area contributed by atoms with Gasteiger partial charge in [-0.1, -0.05) is 52.9 Å². The molecule has 3 aliphatic rings. The topological polar surface area (TPSA) is 195 Å². The standard InChI is InChI=1S/3C20H19ClFN5S/c3*1-12-6-13(7-14(9-23)18(12)22)10-27-4-2-15(3-5-27)26-19-16-8-17(21)28-20(16)25-11-24-19/h3*6-8,11,15H,2-5,10H2,1H3,(H,24,25,26)/i4D2,5D2,6D,7D,8D,10D2,11D,15D;6D,7D,8D,10D2,11D,15D;6D,7D,8D,10D2,11D/hD3. The van der Waals surface area contributed by atoms with E-state index in [1.807, 2.05) is 0 Å². The average molecular weight is 1270 g/mol. The van der Waals surface area contributed by atoms with E-state index in [1.165, 1.54) is 29.7 Å². The van der Waals surface area contributed by atoms with Crippen molar-refractivity contribution in [2.24, 2.45) is 0 Å². The zero-order chi connectivity index (χ0) is 82.9. The minimum absolute atomic E-state index is 0.0152. The molecule has 12 rings (SSSR count). The van der Waals surface area contributed by atoms with Crippen LogP contribution in [0.2, 0.25) is 17.2 Å². The maximum Gasteiger partial charge on any atom is 0.162 e. The summed E-state index contributed by atoms with van der Waals surface area (Å²) in [5.41, 5.74) is -4.75. The number of hydrogen-bond acceptors (Lipinski definition) is 18. The van der Waals surface area contributed by atoms with Gasteiger partial charge in [0.15, 0.2) is 4.24 Å². The van der Waals surface area contributed by atoms with Gasteiger partial charge in [0.25, 0.3) is 0 Å². The molecule has 3 saturated heterocycles. The monoisotopic (exact) mass is 1270 g/mol. The number of fused-ring (bicyclic) bond motifs is 3. The van der Waals surface area contributed by atoms with Crippen LogP contribution in [0, 0.1) is 72.2 Å². The lowest BCUT2D eigenvalue weighted by Crippen LogP contribution is -2.38. The minimum atomic E-state index is -3.30. The number of anilines is 3. The normalized spacial score (nSPS) is 22.7. The molecule has 0 aliphatic carbocycles. The number of nitriles is 3. The number of aromatic nitrogens is 6. The van der Waals surface area contributed by atoms with Gasteiger partial charge in [-0.2, -0.15) is 15.8 Å². The number of halogens is 6. The Labute approximate surface area is 549 Å². The number of hydrogen-bond donors (Lipinski definition) is 3. The fourth-order valence-electron chi connectivity index (χ4n) is 8.34. The van der Waals surface area contributed by atoms with Gasteiger partial charge in [-0.15, -0.1) is 34.0 Å². The quantitative estimate of drug-likeness (QED) is 0.104. The highest BCUT2D eigenvalue weighted by Crippen LogP contribution is 2.35. The van der Waals surface area contributed by atoms with Crippen molar-refractivity contribution < 1.29 is 50.3 Å². The maximum absolute atomic E-state index is 14.5. The van der Waals surface area contributed by atoms with Crippen LogP contribution in [-0.2, 0) is 19.5 Å². The molecule has 9 heterocycles. The first-order valence-electron chi connectivity index (χ1n) is 38.3. The summed E-state index contributed by atoms with van der Waals surface area (Å²) in [5.74, 6) is -3.71. The zero-order valence-electron chi connectivity index (χ0n) is 70.8. The van der Waals surface area contributed by atoms with Crippen molar-refractivity contribution in [2.75, 3.05) is 55.1 Å². The van der Waals surface area contributed by atoms with Crippen molar-refractivity contribution in [3.63, 3.8) is 0 Å². The van der Waals surface area contributed by atoms with Gasteiger partial charge in [0.2, 0.25) is 0 Å². The Balaban J connectivity index is 0.000000177. The van der Waals surface area contributed by atoms with Crippen LogP contribution in [0.4, 0.5) is 30.6 Å². The predicted molar refractivity (Wildman–Crippen MR) is 331 cm³/mol. The Morgan fingerprint density at radius 1 is 0.536 bits per heavy atom. The van der Waals surface area contributed by atoms with Crippen LogP contribution in [0.15, 0.2) is 73.3 Å². The van der Waals surface area contributed by atoms with Gasteiger partial charge >= 0.3 is 0 Å². The molecule has 3 aromatic carbocycles. The maximum atomic E-state index is 14.5. The van der Waals surface area contributed by atoms with Crippen molar-refractivity contribution >= 4 is 117 Å². The van der Waals surface area contributed by atoms with Crippen molar-refractivity contribution in [3.05, 3.63) is 154 Å². The highest BCUT2D eigenvalue weighted by Gasteiger charge is 2.25. The van der Waals surface area contributed by atoms with Crippen molar-refractivity contribution in [1.29, 1.82) is 15.8 Å². The van der Waals surface area contributed by atoms with E-state index in [2.05, 4.69) is 29.9 Å². The van der Waals surface area contributed by atoms with Crippen LogP contribution in [-0.4, -0.2) is 102 Å². The Hall–Kier alpha value is -6.81. The highest BCUT2D eigenvalue weighted by atomic mass is 35.5. The summed E-state index contributed by atoms with van der Waals surface area (Å²) in [5, 5.41) is 30.4. The fraction of sp³-hybridized carbons (Fsp3) is 0.350. The van der Waals surface area contributed by atoms with Crippen LogP contribution in [0.3, 0.4) is 0 Å². The van der Waals surface area contributed by atoms with Crippen molar-refractivity contribution in [3.8, 4) is 18.2 Å². The summed E-state index contributed by atoms with van der Waals surface area (Å²) in [6.07, 6.45) is -2.89. The lowest BCUT2D eigenvalue weighted by Gasteiger charge is -2.32. The van der Waals surface area contributed by atoms with Crippen LogP contribution in [0.25, 0.3) is 30.6 Å². The van der Waals surface area contributed by atoms with E-state index in [1.54, 1.807) is 12.1 Å². The molecule has 432 valence electrons. The van der Waals surface area contributed by atoms with E-state index >= 15 is 0 Å². The molecular weight excluding hydrogens is 1190 g/mol. The summed E-state index contributed by atoms with van der Waals surface area (Å²) in [6, 6.07) is -4.52. The summed E-state index contributed by atoms with van der Waals surface area (Å²) < 4.78 is 271. The Kier molecular flexibility index (Phi) is 11.4. The number of nitrogens with one attached hydrogen (secondary N) is 3. The molecule has 0 amide bonds. The number of rotatable bonds is 12. The number of thiophene rings is 3. The van der Waals surface area contributed by atoms with Crippen molar-refractivity contribution in [1.82, 2.24) is 44.6 Å². The second-order valence-corrected chi connectivity index (χ2v) is 23.0. The van der Waals surface area contributed by atoms with E-state index in [0.29, 0.717) is 23.0 Å². The molecule has 3 fully saturated rings. The third kappa shape index (κ3) is 14.8. The Morgan fingerprint density at radius 2 is 0.869 bits per heavy atom. The molecule has 84 heavy (non-hydrogen) atoms. The molecule has 0 unspecified atom stereocenters. The van der Waals surface area contributed by atoms with Gasteiger partial charge in [0.1, 0.15) is 90.6 Å². The van der Waals surface area contributed by atoms with Crippen LogP contribution in [0.5, 0.6) is 0 Å². The van der Waals surface area contributed by atoms with Gasteiger partial charge in [-0.05, 0) is 129 Å². The lowest BCUT2D eigenvalue weighted by atomic mass is 10.0. The molecule has 0 spiro atoms. The lowest BCUT2D eigenvalue weighted by molar-refractivity contribution is 0.211. The number of piperidine rings is 3. The molecule has 15 nitrogen and oxygen atoms in total. The first-order valence-corrected chi connectivity index (χ1v) is 28.5. The van der Waals surface area contributed by atoms with Gasteiger partial charge < -0.3 is 15.9 Å². The van der Waals surface area contributed by atoms with E-state index in [-0.39, 0.29) is 136 Å². The molecule has 0 atom stereocenters. The predicted octanol–water partition coefficient (Wildman–Crippen LogP) is 14.2. The van der Waals surface area contributed by atoms with Crippen LogP contribution < -0.4 is 15.9 Å². The minimum Gasteiger partial charge on any atom is -0.367 e. The second kappa shape index (κ2) is 27.5. The smallest absolute Gasteiger partial charge is 0.162 e. The summed E-state index contributed by atoms with van der Waals surface area (Å²) in [6.45, 7) is -10.4. The number of nitrogens with zero attached hydrogens (tertiary/aromatic N) is 12. The number of likely N-dealkylation sites (tertiary alicyclic amines) is 3.